The molecule has 6 nitrogen and oxygen atoms in total. The Morgan fingerprint density at radius 2 is 1.89 bits per heavy atom. The van der Waals surface area contributed by atoms with Crippen molar-refractivity contribution in [3.05, 3.63) is 12.2 Å². The molecule has 0 unspecified atom stereocenters. The van der Waals surface area contributed by atoms with E-state index in [2.05, 4.69) is 4.74 Å². The van der Waals surface area contributed by atoms with E-state index >= 15 is 0 Å². The summed E-state index contributed by atoms with van der Waals surface area (Å²) in [6.45, 7) is 1.48. The molecule has 0 amide bonds. The Hall–Kier alpha value is -1.40. The number of rotatable bonds is 5. The molecule has 2 saturated carbocycles. The van der Waals surface area contributed by atoms with Crippen LogP contribution >= 0.6 is 0 Å². The number of fused-ring (bicyclic) bond motifs is 4. The number of methoxy groups -OCH3 is 1. The van der Waals surface area contributed by atoms with Gasteiger partial charge in [0.1, 0.15) is 11.7 Å². The van der Waals surface area contributed by atoms with Crippen molar-refractivity contribution in [3.8, 4) is 0 Å². The summed E-state index contributed by atoms with van der Waals surface area (Å²) in [5, 5.41) is 0. The summed E-state index contributed by atoms with van der Waals surface area (Å²) in [4.78, 5) is 23.2. The number of carbonyl (C=O) groups is 2. The van der Waals surface area contributed by atoms with Crippen molar-refractivity contribution in [2.24, 2.45) is 5.92 Å². The molecule has 0 aromatic carbocycles. The summed E-state index contributed by atoms with van der Waals surface area (Å²) in [5.74, 6) is -0.129. The quantitative estimate of drug-likeness (QED) is 0.527. The standard InChI is InChI=1S/C22H32O6/c1-15(23)27-22-13-16-12-21(10-6-3-7-11-21)28-20(16)17(14-22)26-18(22)8-4-5-9-19(24)25-2/h4-5,16-18,20H,3,6-14H2,1-2H3/b5-4+/t16-,17-,18+,20-,22+/m1/s1. The average molecular weight is 392 g/mol. The predicted molar refractivity (Wildman–Crippen MR) is 102 cm³/mol. The van der Waals surface area contributed by atoms with Crippen LogP contribution in [0.2, 0.25) is 0 Å². The van der Waals surface area contributed by atoms with E-state index in [4.69, 9.17) is 14.2 Å². The molecule has 4 aliphatic rings. The van der Waals surface area contributed by atoms with Gasteiger partial charge in [0, 0.05) is 13.3 Å². The third kappa shape index (κ3) is 3.73. The van der Waals surface area contributed by atoms with Gasteiger partial charge < -0.3 is 18.9 Å². The van der Waals surface area contributed by atoms with Gasteiger partial charge in [0.2, 0.25) is 0 Å². The molecule has 2 saturated heterocycles. The van der Waals surface area contributed by atoms with E-state index in [-0.39, 0.29) is 42.3 Å². The maximum Gasteiger partial charge on any atom is 0.309 e. The molecule has 0 radical (unpaired) electrons. The van der Waals surface area contributed by atoms with Gasteiger partial charge in [0.05, 0.1) is 31.3 Å². The topological polar surface area (TPSA) is 71.1 Å². The third-order valence-electron chi connectivity index (χ3n) is 7.07. The van der Waals surface area contributed by atoms with Gasteiger partial charge in [-0.1, -0.05) is 31.4 Å². The van der Waals surface area contributed by atoms with E-state index in [0.717, 1.165) is 25.7 Å². The molecule has 1 spiro atoms. The van der Waals surface area contributed by atoms with Gasteiger partial charge in [-0.15, -0.1) is 0 Å². The minimum atomic E-state index is -0.573. The lowest BCUT2D eigenvalue weighted by atomic mass is 9.71. The molecule has 4 fully saturated rings. The summed E-state index contributed by atoms with van der Waals surface area (Å²) in [7, 11) is 1.38. The first kappa shape index (κ1) is 19.9. The normalized spacial score (nSPS) is 38.5. The fraction of sp³-hybridized carbons (Fsp3) is 0.818. The highest BCUT2D eigenvalue weighted by atomic mass is 16.6. The average Bonchev–Trinajstić information content (AvgIpc) is 3.15. The molecule has 5 atom stereocenters. The number of hydrogen-bond acceptors (Lipinski definition) is 6. The summed E-state index contributed by atoms with van der Waals surface area (Å²) in [6.07, 6.45) is 13.2. The van der Waals surface area contributed by atoms with Crippen LogP contribution in [-0.4, -0.2) is 48.6 Å². The first-order valence-electron chi connectivity index (χ1n) is 10.7. The summed E-state index contributed by atoms with van der Waals surface area (Å²) in [6, 6.07) is 0. The first-order chi connectivity index (χ1) is 13.5. The zero-order valence-corrected chi connectivity index (χ0v) is 17.0. The fourth-order valence-corrected chi connectivity index (χ4v) is 6.01. The van der Waals surface area contributed by atoms with Crippen molar-refractivity contribution < 1.29 is 28.5 Å². The molecule has 156 valence electrons. The molecule has 6 heteroatoms. The van der Waals surface area contributed by atoms with E-state index in [1.165, 1.54) is 33.3 Å². The minimum absolute atomic E-state index is 0.0154. The highest BCUT2D eigenvalue weighted by Crippen LogP contribution is 2.56. The van der Waals surface area contributed by atoms with Gasteiger partial charge in [0.25, 0.3) is 0 Å². The van der Waals surface area contributed by atoms with E-state index in [0.29, 0.717) is 18.8 Å². The van der Waals surface area contributed by atoms with Gasteiger partial charge in [-0.3, -0.25) is 9.59 Å². The Morgan fingerprint density at radius 1 is 1.11 bits per heavy atom. The SMILES string of the molecule is COC(=O)C/C=C/C[C@@H]1O[C@@H]2C[C@@]1(OC(C)=O)C[C@H]1CC3(CCCCC3)O[C@H]12. The molecule has 2 aliphatic carbocycles. The molecular weight excluding hydrogens is 360 g/mol. The van der Waals surface area contributed by atoms with E-state index in [9.17, 15) is 9.59 Å². The second-order valence-electron chi connectivity index (χ2n) is 9.01. The van der Waals surface area contributed by atoms with Gasteiger partial charge >= 0.3 is 11.9 Å². The van der Waals surface area contributed by atoms with Crippen molar-refractivity contribution in [1.82, 2.24) is 0 Å². The summed E-state index contributed by atoms with van der Waals surface area (Å²) in [5.41, 5.74) is -0.550. The van der Waals surface area contributed by atoms with Crippen LogP contribution < -0.4 is 0 Å². The Morgan fingerprint density at radius 3 is 2.61 bits per heavy atom. The summed E-state index contributed by atoms with van der Waals surface area (Å²) >= 11 is 0. The molecular formula is C22H32O6. The smallest absolute Gasteiger partial charge is 0.309 e. The first-order valence-corrected chi connectivity index (χ1v) is 10.7. The summed E-state index contributed by atoms with van der Waals surface area (Å²) < 4.78 is 23.6. The second-order valence-corrected chi connectivity index (χ2v) is 9.01. The van der Waals surface area contributed by atoms with E-state index in [1.807, 2.05) is 6.08 Å². The number of ether oxygens (including phenoxy) is 4. The van der Waals surface area contributed by atoms with Crippen LogP contribution in [0.4, 0.5) is 0 Å². The lowest BCUT2D eigenvalue weighted by molar-refractivity contribution is -0.165. The van der Waals surface area contributed by atoms with Gasteiger partial charge in [-0.2, -0.15) is 0 Å². The van der Waals surface area contributed by atoms with Crippen LogP contribution in [0.3, 0.4) is 0 Å². The highest BCUT2D eigenvalue weighted by molar-refractivity contribution is 5.70. The van der Waals surface area contributed by atoms with Crippen LogP contribution in [-0.2, 0) is 28.5 Å². The maximum absolute atomic E-state index is 11.9. The highest BCUT2D eigenvalue weighted by Gasteiger charge is 2.63. The van der Waals surface area contributed by atoms with E-state index in [1.54, 1.807) is 6.08 Å². The van der Waals surface area contributed by atoms with Crippen LogP contribution in [0.25, 0.3) is 0 Å². The second kappa shape index (κ2) is 7.79. The van der Waals surface area contributed by atoms with Crippen LogP contribution in [0, 0.1) is 5.92 Å². The van der Waals surface area contributed by atoms with Crippen molar-refractivity contribution in [2.75, 3.05) is 7.11 Å². The Labute approximate surface area is 166 Å². The maximum atomic E-state index is 11.9. The number of carbonyl (C=O) groups excluding carboxylic acids is 2. The lowest BCUT2D eigenvalue weighted by Crippen LogP contribution is -2.48. The fourth-order valence-electron chi connectivity index (χ4n) is 6.01. The molecule has 2 aliphatic heterocycles. The Bertz CT molecular complexity index is 637. The molecule has 28 heavy (non-hydrogen) atoms. The Kier molecular flexibility index (Phi) is 5.53. The van der Waals surface area contributed by atoms with Crippen molar-refractivity contribution in [2.45, 2.75) is 101 Å². The molecule has 4 rings (SSSR count). The van der Waals surface area contributed by atoms with Crippen LogP contribution in [0.15, 0.2) is 12.2 Å². The largest absolute Gasteiger partial charge is 0.469 e. The molecule has 2 bridgehead atoms. The zero-order chi connectivity index (χ0) is 19.8. The van der Waals surface area contributed by atoms with Crippen molar-refractivity contribution in [1.29, 1.82) is 0 Å². The van der Waals surface area contributed by atoms with Gasteiger partial charge in [-0.25, -0.2) is 0 Å². The van der Waals surface area contributed by atoms with Crippen LogP contribution in [0.1, 0.15) is 71.1 Å². The van der Waals surface area contributed by atoms with Gasteiger partial charge in [0.15, 0.2) is 0 Å². The molecule has 0 aromatic heterocycles. The molecule has 0 aromatic rings. The number of esters is 2. The monoisotopic (exact) mass is 392 g/mol. The van der Waals surface area contributed by atoms with E-state index < -0.39 is 5.60 Å². The molecule has 2 heterocycles. The lowest BCUT2D eigenvalue weighted by Gasteiger charge is -2.38. The van der Waals surface area contributed by atoms with Gasteiger partial charge in [-0.05, 0) is 38.0 Å². The molecule has 0 N–H and O–H groups in total. The van der Waals surface area contributed by atoms with Crippen molar-refractivity contribution in [3.63, 3.8) is 0 Å². The predicted octanol–water partition coefficient (Wildman–Crippen LogP) is 3.47. The Balaban J connectivity index is 1.47. The van der Waals surface area contributed by atoms with Crippen molar-refractivity contribution >= 4 is 11.9 Å². The zero-order valence-electron chi connectivity index (χ0n) is 17.0. The minimum Gasteiger partial charge on any atom is -0.469 e. The number of hydrogen-bond donors (Lipinski definition) is 0. The third-order valence-corrected chi connectivity index (χ3v) is 7.07. The van der Waals surface area contributed by atoms with Crippen LogP contribution in [0.5, 0.6) is 0 Å².